The van der Waals surface area contributed by atoms with Gasteiger partial charge in [0.1, 0.15) is 11.2 Å². The molecule has 0 radical (unpaired) electrons. The van der Waals surface area contributed by atoms with E-state index >= 15 is 0 Å². The average Bonchev–Trinajstić information content (AvgIpc) is 1.42. The fourth-order valence-corrected chi connectivity index (χ4v) is 19.6. The topological polar surface area (TPSA) is 29.5 Å². The smallest absolute Gasteiger partial charge is 0.136 e. The summed E-state index contributed by atoms with van der Waals surface area (Å²) >= 11 is 0. The van der Waals surface area contributed by atoms with Crippen LogP contribution in [0.3, 0.4) is 0 Å². The third-order valence-electron chi connectivity index (χ3n) is 25.5. The van der Waals surface area contributed by atoms with Crippen molar-refractivity contribution >= 4 is 99.7 Å². The van der Waals surface area contributed by atoms with Crippen molar-refractivity contribution in [3.8, 4) is 78.1 Å². The highest BCUT2D eigenvalue weighted by Gasteiger charge is 2.46. The fraction of sp³-hybridized carbons (Fsp3) is 0.158. The highest BCUT2D eigenvalue weighted by atomic mass is 16.3. The second kappa shape index (κ2) is 26.5. The number of aromatic nitrogens is 2. The van der Waals surface area contributed by atoms with Gasteiger partial charge < -0.3 is 23.4 Å². The van der Waals surface area contributed by atoms with Crippen LogP contribution in [0.15, 0.2) is 338 Å². The van der Waals surface area contributed by atoms with Crippen LogP contribution >= 0.6 is 0 Å². The van der Waals surface area contributed by atoms with Crippen molar-refractivity contribution in [1.29, 1.82) is 0 Å². The highest BCUT2D eigenvalue weighted by Crippen LogP contribution is 2.67. The lowest BCUT2D eigenvalue weighted by Gasteiger charge is -2.47. The van der Waals surface area contributed by atoms with Crippen LogP contribution in [0.5, 0.6) is 0 Å². The van der Waals surface area contributed by atoms with E-state index in [4.69, 9.17) is 4.42 Å². The monoisotopic (exact) mass is 1540 g/mol. The summed E-state index contributed by atoms with van der Waals surface area (Å²) in [4.78, 5) is 5.00. The zero-order valence-electron chi connectivity index (χ0n) is 77.1. The molecule has 119 heavy (non-hydrogen) atoms. The van der Waals surface area contributed by atoms with E-state index in [1.54, 1.807) is 4.57 Å². The molecule has 0 bridgehead atoms. The van der Waals surface area contributed by atoms with Crippen molar-refractivity contribution in [3.63, 3.8) is 0 Å². The molecule has 0 N–H and O–H groups in total. The van der Waals surface area contributed by atoms with Gasteiger partial charge in [-0.1, -0.05) is 326 Å². The van der Waals surface area contributed by atoms with Gasteiger partial charge in [-0.05, 0) is 208 Å². The van der Waals surface area contributed by atoms with Crippen molar-refractivity contribution in [2.45, 2.75) is 117 Å². The third kappa shape index (κ3) is 11.4. The van der Waals surface area contributed by atoms with Crippen LogP contribution in [0, 0.1) is 0 Å². The van der Waals surface area contributed by atoms with Gasteiger partial charge in [0.05, 0.1) is 72.8 Å². The number of furan rings is 1. The minimum Gasteiger partial charge on any atom is -0.456 e. The number of anilines is 6. The molecule has 3 aromatic heterocycles. The van der Waals surface area contributed by atoms with E-state index < -0.39 is 54.3 Å². The normalized spacial score (nSPS) is 14.8. The van der Waals surface area contributed by atoms with E-state index in [9.17, 15) is 11.0 Å². The molecule has 1 unspecified atom stereocenters. The molecule has 0 fully saturated rings. The Morgan fingerprint density at radius 2 is 0.798 bits per heavy atom. The summed E-state index contributed by atoms with van der Waals surface area (Å²) < 4.78 is 90.9. The Morgan fingerprint density at radius 3 is 1.39 bits per heavy atom. The second-order valence-electron chi connectivity index (χ2n) is 37.0. The molecule has 16 aromatic carbocycles. The number of benzene rings is 16. The quantitative estimate of drug-likeness (QED) is 0.144. The first-order valence-corrected chi connectivity index (χ1v) is 41.7. The van der Waals surface area contributed by atoms with E-state index in [-0.39, 0.29) is 43.5 Å². The van der Waals surface area contributed by atoms with Crippen LogP contribution in [0.2, 0.25) is 0 Å². The molecule has 22 rings (SSSR count). The Kier molecular flexibility index (Phi) is 14.2. The first kappa shape index (κ1) is 63.7. The molecular formula is C114H94N4O. The summed E-state index contributed by atoms with van der Waals surface area (Å²) in [6.07, 6.45) is 0.680. The van der Waals surface area contributed by atoms with Crippen LogP contribution in [-0.2, 0) is 28.1 Å². The SMILES string of the molecule is [2H]c1c([2H])c([2H])c2c(c1[2H])c1c([2H])c([2H])c([2H])c([2H])c1n2-c1cc2c3c(c1)N(c1c(-c4ccccc4)cc4oc5ccccc5c4c1-c1ccccc1)c1ccc(-c4cc(C(C)(C)C)cc(C(C)(C)C)c4)cc1C3c1ccc(-n3c4ccc(C(C)(C)C)cc4c4cc(C(C)(C)C)ccc43)cc1N2c1c(-c2ccccc2)cc2c(c1-c1ccccc1)-c1ccccc1C2. The van der Waals surface area contributed by atoms with E-state index in [1.165, 1.54) is 33.4 Å². The fourth-order valence-electron chi connectivity index (χ4n) is 19.6. The van der Waals surface area contributed by atoms with Gasteiger partial charge in [-0.2, -0.15) is 0 Å². The standard InChI is InChI=1S/C114H94N4O/c1-111(2,3)77-50-55-95-90(63-77)91-64-78(112(4,5)6)51-56-96(91)115(95)81-52-53-86-98(65-81)118(109-88(69-33-17-13-18-34-69)61-76-57-74-41-25-26-42-83(74)103(76)104(109)71-37-21-15-22-38-71)100-67-82(116-93-46-30-27-43-84(93)85-44-28-31-47-94(85)116)66-99-108(100)106(86)92-60-73(75-58-79(113(7,8)9)62-80(59-75)114(10,11)12)49-54-97(92)117(99)110-89(70-35-19-14-20-36-70)68-102-107(87-45-29-32-48-101(87)119-102)105(110)72-39-23-16-24-40-72/h13-56,58-68,106H,57H2,1-12H3/i27D,28D,30D,31D,43D,44D,46D,47D. The minimum absolute atomic E-state index is 0.00202. The first-order valence-electron chi connectivity index (χ1n) is 45.7. The molecule has 1 atom stereocenters. The van der Waals surface area contributed by atoms with Gasteiger partial charge >= 0.3 is 0 Å². The summed E-state index contributed by atoms with van der Waals surface area (Å²) in [6.45, 7) is 27.5. The van der Waals surface area contributed by atoms with Gasteiger partial charge in [0.15, 0.2) is 0 Å². The molecule has 5 heterocycles. The van der Waals surface area contributed by atoms with Gasteiger partial charge in [0.2, 0.25) is 0 Å². The van der Waals surface area contributed by atoms with E-state index in [1.807, 2.05) is 18.2 Å². The summed E-state index contributed by atoms with van der Waals surface area (Å²) in [5, 5.41) is 4.06. The lowest BCUT2D eigenvalue weighted by molar-refractivity contribution is 0.569. The van der Waals surface area contributed by atoms with Crippen LogP contribution in [0.1, 0.15) is 150 Å². The van der Waals surface area contributed by atoms with Crippen molar-refractivity contribution in [2.24, 2.45) is 0 Å². The first-order chi connectivity index (χ1) is 60.9. The third-order valence-corrected chi connectivity index (χ3v) is 25.5. The number of rotatable bonds is 9. The molecule has 3 aliphatic rings. The van der Waals surface area contributed by atoms with Crippen LogP contribution in [0.25, 0.3) is 144 Å². The second-order valence-corrected chi connectivity index (χ2v) is 37.0. The largest absolute Gasteiger partial charge is 0.456 e. The lowest BCUT2D eigenvalue weighted by atomic mass is 9.73. The Labute approximate surface area is 708 Å². The molecule has 2 aliphatic heterocycles. The predicted octanol–water partition coefficient (Wildman–Crippen LogP) is 31.6. The molecule has 576 valence electrons. The lowest BCUT2D eigenvalue weighted by Crippen LogP contribution is -2.30. The maximum absolute atomic E-state index is 10.4. The molecule has 19 aromatic rings. The molecule has 1 aliphatic carbocycles. The van der Waals surface area contributed by atoms with Crippen LogP contribution in [-0.4, -0.2) is 9.13 Å². The average molecular weight is 1540 g/mol. The number of hydrogen-bond acceptors (Lipinski definition) is 3. The summed E-state index contributed by atoms with van der Waals surface area (Å²) in [5.41, 5.74) is 30.9. The molecule has 0 amide bonds. The summed E-state index contributed by atoms with van der Waals surface area (Å²) in [5.74, 6) is -0.623. The van der Waals surface area contributed by atoms with Crippen LogP contribution < -0.4 is 9.80 Å². The number of nitrogens with zero attached hydrogens (tertiary/aromatic N) is 4. The number of fused-ring (bicyclic) bond motifs is 16. The van der Waals surface area contributed by atoms with Gasteiger partial charge in [-0.25, -0.2) is 0 Å². The molecule has 5 nitrogen and oxygen atoms in total. The maximum atomic E-state index is 10.4. The summed E-state index contributed by atoms with van der Waals surface area (Å²) in [7, 11) is 0. The number of para-hydroxylation sites is 3. The molecule has 0 saturated carbocycles. The zero-order valence-corrected chi connectivity index (χ0v) is 69.1. The Hall–Kier alpha value is -13.5. The number of hydrogen-bond donors (Lipinski definition) is 0. The predicted molar refractivity (Wildman–Crippen MR) is 503 cm³/mol. The molecular weight excluding hydrogens is 1440 g/mol. The van der Waals surface area contributed by atoms with Crippen molar-refractivity contribution in [2.75, 3.05) is 9.80 Å². The van der Waals surface area contributed by atoms with E-state index in [0.717, 1.165) is 156 Å². The van der Waals surface area contributed by atoms with Gasteiger partial charge in [0, 0.05) is 71.7 Å². The van der Waals surface area contributed by atoms with Crippen molar-refractivity contribution in [3.05, 3.63) is 384 Å². The molecule has 0 spiro atoms. The summed E-state index contributed by atoms with van der Waals surface area (Å²) in [6, 6.07) is 101. The van der Waals surface area contributed by atoms with Gasteiger partial charge in [-0.15, -0.1) is 0 Å². The van der Waals surface area contributed by atoms with Gasteiger partial charge in [0.25, 0.3) is 0 Å². The minimum atomic E-state index is -0.623. The van der Waals surface area contributed by atoms with E-state index in [2.05, 4.69) is 364 Å². The Morgan fingerprint density at radius 1 is 0.303 bits per heavy atom. The molecule has 0 saturated heterocycles. The maximum Gasteiger partial charge on any atom is 0.136 e. The zero-order chi connectivity index (χ0) is 87.8. The van der Waals surface area contributed by atoms with Crippen molar-refractivity contribution in [1.82, 2.24) is 9.13 Å². The van der Waals surface area contributed by atoms with Gasteiger partial charge in [-0.3, -0.25) is 0 Å². The Balaban J connectivity index is 0.997. The Bertz CT molecular complexity index is 7750. The van der Waals surface area contributed by atoms with E-state index in [0.29, 0.717) is 23.4 Å². The highest BCUT2D eigenvalue weighted by molar-refractivity contribution is 6.21. The molecule has 5 heteroatoms. The van der Waals surface area contributed by atoms with Crippen molar-refractivity contribution < 1.29 is 15.4 Å². The van der Waals surface area contributed by atoms with Crippen LogP contribution in [0.4, 0.5) is 34.1 Å².